The van der Waals surface area contributed by atoms with Gasteiger partial charge in [-0.3, -0.25) is 19.2 Å². The molecule has 10 heteroatoms. The van der Waals surface area contributed by atoms with Crippen LogP contribution in [-0.2, 0) is 14.4 Å². The van der Waals surface area contributed by atoms with E-state index in [-0.39, 0.29) is 17.0 Å². The second kappa shape index (κ2) is 13.4. The number of hydrogen-bond donors (Lipinski definition) is 4. The minimum Gasteiger partial charge on any atom is -0.481 e. The molecule has 4 N–H and O–H groups in total. The number of anilines is 1. The predicted molar refractivity (Wildman–Crippen MR) is 158 cm³/mol. The number of nitrogens with zero attached hydrogens (tertiary/aromatic N) is 1. The van der Waals surface area contributed by atoms with Gasteiger partial charge in [-0.1, -0.05) is 62.4 Å². The van der Waals surface area contributed by atoms with Crippen molar-refractivity contribution >= 4 is 29.1 Å². The minimum absolute atomic E-state index is 0.157. The van der Waals surface area contributed by atoms with Crippen molar-refractivity contribution < 1.29 is 38.9 Å². The Kier molecular flexibility index (Phi) is 9.64. The molecule has 0 saturated heterocycles. The molecule has 4 aromatic rings. The average molecular weight is 587 g/mol. The number of carbonyl (C=O) groups is 4. The van der Waals surface area contributed by atoms with Crippen molar-refractivity contribution in [1.29, 1.82) is 0 Å². The zero-order valence-electron chi connectivity index (χ0n) is 23.5. The van der Waals surface area contributed by atoms with Crippen molar-refractivity contribution in [2.24, 2.45) is 0 Å². The van der Waals surface area contributed by atoms with E-state index < -0.39 is 60.4 Å². The number of ketones is 2. The van der Waals surface area contributed by atoms with Crippen LogP contribution in [0.2, 0.25) is 0 Å². The summed E-state index contributed by atoms with van der Waals surface area (Å²) in [7, 11) is 0. The Balaban J connectivity index is 2.00. The molecule has 1 aromatic heterocycles. The summed E-state index contributed by atoms with van der Waals surface area (Å²) in [6.07, 6.45) is -5.99. The van der Waals surface area contributed by atoms with Crippen molar-refractivity contribution in [2.45, 2.75) is 44.9 Å². The molecule has 0 saturated carbocycles. The number of carboxylic acids is 1. The fraction of sp³-hybridized carbons (Fsp3) is 0.212. The van der Waals surface area contributed by atoms with Crippen LogP contribution in [0.1, 0.15) is 54.9 Å². The van der Waals surface area contributed by atoms with Gasteiger partial charge < -0.3 is 25.2 Å². The molecular weight excluding hydrogens is 555 g/mol. The first-order chi connectivity index (χ1) is 20.5. The average Bonchev–Trinajstić information content (AvgIpc) is 3.34. The number of aliphatic carboxylic acids is 1. The summed E-state index contributed by atoms with van der Waals surface area (Å²) in [5.74, 6) is -4.97. The Hall–Kier alpha value is -4.93. The molecule has 222 valence electrons. The lowest BCUT2D eigenvalue weighted by atomic mass is 9.94. The van der Waals surface area contributed by atoms with Crippen LogP contribution in [0, 0.1) is 5.82 Å². The monoisotopic (exact) mass is 586 g/mol. The summed E-state index contributed by atoms with van der Waals surface area (Å²) in [6, 6.07) is 22.9. The van der Waals surface area contributed by atoms with Gasteiger partial charge >= 0.3 is 5.97 Å². The highest BCUT2D eigenvalue weighted by Gasteiger charge is 2.37. The molecule has 0 fully saturated rings. The second-order valence-electron chi connectivity index (χ2n) is 10.3. The number of carboxylic acid groups (broad SMARTS) is 1. The summed E-state index contributed by atoms with van der Waals surface area (Å²) < 4.78 is 15.3. The van der Waals surface area contributed by atoms with Crippen LogP contribution >= 0.6 is 0 Å². The van der Waals surface area contributed by atoms with Gasteiger partial charge in [0.05, 0.1) is 17.7 Å². The van der Waals surface area contributed by atoms with Crippen LogP contribution in [0.5, 0.6) is 0 Å². The molecule has 1 heterocycles. The number of halogens is 1. The molecule has 1 amide bonds. The molecular formula is C33H31FN2O7. The molecule has 43 heavy (non-hydrogen) atoms. The van der Waals surface area contributed by atoms with E-state index in [2.05, 4.69) is 5.32 Å². The van der Waals surface area contributed by atoms with E-state index in [1.165, 1.54) is 28.8 Å². The van der Waals surface area contributed by atoms with E-state index in [9.17, 15) is 33.8 Å². The van der Waals surface area contributed by atoms with Crippen LogP contribution in [0.15, 0.2) is 84.9 Å². The molecule has 0 bridgehead atoms. The number of aliphatic hydroxyl groups is 2. The molecule has 4 rings (SSSR count). The number of amides is 1. The van der Waals surface area contributed by atoms with Crippen molar-refractivity contribution in [2.75, 3.05) is 5.32 Å². The zero-order valence-corrected chi connectivity index (χ0v) is 23.5. The molecule has 0 spiro atoms. The lowest BCUT2D eigenvalue weighted by molar-refractivity contribution is -0.143. The van der Waals surface area contributed by atoms with Gasteiger partial charge in [-0.05, 0) is 53.4 Å². The first-order valence-corrected chi connectivity index (χ1v) is 13.6. The summed E-state index contributed by atoms with van der Waals surface area (Å²) in [5, 5.41) is 34.4. The highest BCUT2D eigenvalue weighted by atomic mass is 19.1. The van der Waals surface area contributed by atoms with Gasteiger partial charge in [0.15, 0.2) is 23.9 Å². The highest BCUT2D eigenvalue weighted by Crippen LogP contribution is 2.44. The molecule has 3 aromatic carbocycles. The largest absolute Gasteiger partial charge is 0.481 e. The second-order valence-corrected chi connectivity index (χ2v) is 10.3. The highest BCUT2D eigenvalue weighted by molar-refractivity contribution is 6.12. The Labute approximate surface area is 247 Å². The molecule has 0 radical (unpaired) electrons. The standard InChI is InChI=1S/C33H31FN2O7/c1-19(2)29-28(32(42)35-23-11-7-4-8-12-23)27(20-9-5-3-6-10-20)30(21-13-15-22(34)16-14-21)36(29)33(43)31(41)25(38)17-24(37)18-26(39)40/h3-16,19,31,33,41,43H,17-18H2,1-2H3,(H,35,42)(H,39,40)/t31-,33-/m1/s1. The first-order valence-electron chi connectivity index (χ1n) is 13.6. The van der Waals surface area contributed by atoms with Crippen LogP contribution in [0.3, 0.4) is 0 Å². The Morgan fingerprint density at radius 3 is 1.95 bits per heavy atom. The third kappa shape index (κ3) is 6.94. The molecule has 0 aliphatic carbocycles. The summed E-state index contributed by atoms with van der Waals surface area (Å²) in [4.78, 5) is 49.9. The maximum atomic E-state index is 14.1. The van der Waals surface area contributed by atoms with Crippen molar-refractivity contribution in [3.05, 3.63) is 102 Å². The third-order valence-electron chi connectivity index (χ3n) is 6.83. The van der Waals surface area contributed by atoms with E-state index in [1.54, 1.807) is 74.5 Å². The van der Waals surface area contributed by atoms with E-state index in [0.717, 1.165) is 0 Å². The third-order valence-corrected chi connectivity index (χ3v) is 6.83. The zero-order chi connectivity index (χ0) is 31.3. The Morgan fingerprint density at radius 2 is 1.40 bits per heavy atom. The van der Waals surface area contributed by atoms with E-state index in [0.29, 0.717) is 22.4 Å². The maximum absolute atomic E-state index is 14.1. The fourth-order valence-corrected chi connectivity index (χ4v) is 5.01. The van der Waals surface area contributed by atoms with Crippen LogP contribution in [-0.4, -0.2) is 49.4 Å². The minimum atomic E-state index is -2.16. The van der Waals surface area contributed by atoms with Crippen LogP contribution in [0.4, 0.5) is 10.1 Å². The van der Waals surface area contributed by atoms with Gasteiger partial charge in [-0.25, -0.2) is 4.39 Å². The molecule has 0 unspecified atom stereocenters. The number of aliphatic hydroxyl groups excluding tert-OH is 2. The normalized spacial score (nSPS) is 12.5. The van der Waals surface area contributed by atoms with Crippen LogP contribution in [0.25, 0.3) is 22.4 Å². The van der Waals surface area contributed by atoms with E-state index in [1.807, 2.05) is 0 Å². The van der Waals surface area contributed by atoms with E-state index >= 15 is 0 Å². The lowest BCUT2D eigenvalue weighted by Crippen LogP contribution is -2.34. The number of benzene rings is 3. The quantitative estimate of drug-likeness (QED) is 0.167. The van der Waals surface area contributed by atoms with Gasteiger partial charge in [-0.15, -0.1) is 0 Å². The fourth-order valence-electron chi connectivity index (χ4n) is 5.01. The number of rotatable bonds is 12. The topological polar surface area (TPSA) is 146 Å². The number of hydrogen-bond acceptors (Lipinski definition) is 6. The summed E-state index contributed by atoms with van der Waals surface area (Å²) >= 11 is 0. The number of Topliss-reactive ketones (excluding diaryl/α,β-unsaturated/α-hetero) is 2. The first kappa shape index (κ1) is 31.0. The smallest absolute Gasteiger partial charge is 0.310 e. The van der Waals surface area contributed by atoms with Gasteiger partial charge in [0, 0.05) is 16.9 Å². The molecule has 9 nitrogen and oxygen atoms in total. The molecule has 0 aliphatic heterocycles. The molecule has 2 atom stereocenters. The van der Waals surface area contributed by atoms with Crippen LogP contribution < -0.4 is 5.32 Å². The predicted octanol–water partition coefficient (Wildman–Crippen LogP) is 5.19. The summed E-state index contributed by atoms with van der Waals surface area (Å²) in [6.45, 7) is 3.54. The van der Waals surface area contributed by atoms with Crippen molar-refractivity contribution in [3.63, 3.8) is 0 Å². The lowest BCUT2D eigenvalue weighted by Gasteiger charge is -2.25. The van der Waals surface area contributed by atoms with Gasteiger partial charge in [-0.2, -0.15) is 0 Å². The van der Waals surface area contributed by atoms with Crippen molar-refractivity contribution in [1.82, 2.24) is 4.57 Å². The molecule has 0 aliphatic rings. The Morgan fingerprint density at radius 1 is 0.814 bits per heavy atom. The SMILES string of the molecule is CC(C)c1c(C(=O)Nc2ccccc2)c(-c2ccccc2)c(-c2ccc(F)cc2)n1[C@H](O)[C@H](O)C(=O)CC(=O)CC(=O)O. The van der Waals surface area contributed by atoms with Gasteiger partial charge in [0.1, 0.15) is 12.2 Å². The van der Waals surface area contributed by atoms with Crippen molar-refractivity contribution in [3.8, 4) is 22.4 Å². The number of aromatic nitrogens is 1. The van der Waals surface area contributed by atoms with Gasteiger partial charge in [0.25, 0.3) is 5.91 Å². The van der Waals surface area contributed by atoms with E-state index in [4.69, 9.17) is 5.11 Å². The number of carbonyl (C=O) groups excluding carboxylic acids is 3. The maximum Gasteiger partial charge on any atom is 0.310 e. The number of para-hydroxylation sites is 1. The summed E-state index contributed by atoms with van der Waals surface area (Å²) in [5.41, 5.74) is 2.47. The van der Waals surface area contributed by atoms with Gasteiger partial charge in [0.2, 0.25) is 0 Å². The number of nitrogens with one attached hydrogen (secondary N) is 1. The Bertz CT molecular complexity index is 1630.